The molecule has 8 heteroatoms. The van der Waals surface area contributed by atoms with Crippen molar-refractivity contribution >= 4 is 11.7 Å². The molecule has 146 valence electrons. The molecular weight excluding hydrogens is 345 g/mol. The zero-order chi connectivity index (χ0) is 19.3. The fourth-order valence-electron chi connectivity index (χ4n) is 2.77. The van der Waals surface area contributed by atoms with E-state index in [-0.39, 0.29) is 11.9 Å². The Morgan fingerprint density at radius 1 is 1.19 bits per heavy atom. The minimum atomic E-state index is -4.37. The SMILES string of the molecule is CC(C)C(C)NC(=O)CN1CCCN(c2ccc(C(F)(F)F)cn2)CC1. The second-order valence-electron chi connectivity index (χ2n) is 7.12. The van der Waals surface area contributed by atoms with Gasteiger partial charge in [-0.2, -0.15) is 13.2 Å². The zero-order valence-corrected chi connectivity index (χ0v) is 15.5. The summed E-state index contributed by atoms with van der Waals surface area (Å²) in [5.74, 6) is 0.925. The van der Waals surface area contributed by atoms with Crippen LogP contribution in [0.2, 0.25) is 0 Å². The van der Waals surface area contributed by atoms with Crippen LogP contribution in [0.5, 0.6) is 0 Å². The van der Waals surface area contributed by atoms with Gasteiger partial charge >= 0.3 is 6.18 Å². The second kappa shape index (κ2) is 8.70. The van der Waals surface area contributed by atoms with Gasteiger partial charge in [-0.1, -0.05) is 13.8 Å². The van der Waals surface area contributed by atoms with Gasteiger partial charge in [0.05, 0.1) is 12.1 Å². The third kappa shape index (κ3) is 5.86. The van der Waals surface area contributed by atoms with E-state index in [9.17, 15) is 18.0 Å². The predicted molar refractivity (Wildman–Crippen MR) is 95.0 cm³/mol. The van der Waals surface area contributed by atoms with Crippen LogP contribution in [0.1, 0.15) is 32.8 Å². The Hall–Kier alpha value is -1.83. The van der Waals surface area contributed by atoms with Crippen LogP contribution in [0.3, 0.4) is 0 Å². The van der Waals surface area contributed by atoms with Crippen molar-refractivity contribution in [3.63, 3.8) is 0 Å². The molecule has 0 spiro atoms. The quantitative estimate of drug-likeness (QED) is 0.864. The van der Waals surface area contributed by atoms with Crippen LogP contribution in [0, 0.1) is 5.92 Å². The van der Waals surface area contributed by atoms with Gasteiger partial charge in [-0.3, -0.25) is 9.69 Å². The molecule has 1 N–H and O–H groups in total. The Labute approximate surface area is 152 Å². The summed E-state index contributed by atoms with van der Waals surface area (Å²) in [6.07, 6.45) is -2.67. The van der Waals surface area contributed by atoms with Gasteiger partial charge in [-0.05, 0) is 31.4 Å². The minimum absolute atomic E-state index is 0.00676. The molecule has 0 saturated carbocycles. The first-order valence-corrected chi connectivity index (χ1v) is 8.96. The maximum Gasteiger partial charge on any atom is 0.417 e. The molecule has 2 rings (SSSR count). The van der Waals surface area contributed by atoms with Gasteiger partial charge in [-0.15, -0.1) is 0 Å². The lowest BCUT2D eigenvalue weighted by atomic mass is 10.1. The summed E-state index contributed by atoms with van der Waals surface area (Å²) < 4.78 is 37.9. The van der Waals surface area contributed by atoms with E-state index in [1.54, 1.807) is 0 Å². The molecule has 0 radical (unpaired) electrons. The second-order valence-corrected chi connectivity index (χ2v) is 7.12. The summed E-state index contributed by atoms with van der Waals surface area (Å²) in [5.41, 5.74) is -0.742. The summed E-state index contributed by atoms with van der Waals surface area (Å²) in [6, 6.07) is 2.60. The lowest BCUT2D eigenvalue weighted by molar-refractivity contribution is -0.137. The highest BCUT2D eigenvalue weighted by atomic mass is 19.4. The fourth-order valence-corrected chi connectivity index (χ4v) is 2.77. The van der Waals surface area contributed by atoms with Crippen LogP contribution >= 0.6 is 0 Å². The number of anilines is 1. The minimum Gasteiger partial charge on any atom is -0.355 e. The Bertz CT molecular complexity index is 589. The van der Waals surface area contributed by atoms with Gasteiger partial charge in [0.25, 0.3) is 0 Å². The first-order valence-electron chi connectivity index (χ1n) is 8.96. The van der Waals surface area contributed by atoms with E-state index in [0.29, 0.717) is 37.9 Å². The molecule has 26 heavy (non-hydrogen) atoms. The van der Waals surface area contributed by atoms with Crippen molar-refractivity contribution in [1.29, 1.82) is 0 Å². The molecular formula is C18H27F3N4O. The number of carbonyl (C=O) groups is 1. The molecule has 1 unspecified atom stereocenters. The molecule has 1 amide bonds. The Morgan fingerprint density at radius 2 is 1.92 bits per heavy atom. The Kier molecular flexibility index (Phi) is 6.86. The molecule has 1 aromatic rings. The van der Waals surface area contributed by atoms with E-state index < -0.39 is 11.7 Å². The number of hydrogen-bond acceptors (Lipinski definition) is 4. The van der Waals surface area contributed by atoms with Crippen molar-refractivity contribution in [2.75, 3.05) is 37.6 Å². The summed E-state index contributed by atoms with van der Waals surface area (Å²) in [4.78, 5) is 20.1. The Balaban J connectivity index is 1.88. The third-order valence-electron chi connectivity index (χ3n) is 4.74. The monoisotopic (exact) mass is 372 g/mol. The first-order chi connectivity index (χ1) is 12.2. The molecule has 1 atom stereocenters. The lowest BCUT2D eigenvalue weighted by Gasteiger charge is -2.24. The normalized spacial score (nSPS) is 17.9. The number of halogens is 3. The van der Waals surface area contributed by atoms with Gasteiger partial charge in [-0.25, -0.2) is 4.98 Å². The van der Waals surface area contributed by atoms with Crippen LogP contribution in [-0.2, 0) is 11.0 Å². The van der Waals surface area contributed by atoms with Crippen LogP contribution in [0.25, 0.3) is 0 Å². The van der Waals surface area contributed by atoms with Crippen LogP contribution in [0.15, 0.2) is 18.3 Å². The van der Waals surface area contributed by atoms with E-state index in [0.717, 1.165) is 25.2 Å². The van der Waals surface area contributed by atoms with Crippen molar-refractivity contribution in [1.82, 2.24) is 15.2 Å². The number of carbonyl (C=O) groups excluding carboxylic acids is 1. The molecule has 1 saturated heterocycles. The summed E-state index contributed by atoms with van der Waals surface area (Å²) in [6.45, 7) is 9.24. The van der Waals surface area contributed by atoms with E-state index >= 15 is 0 Å². The van der Waals surface area contributed by atoms with Crippen molar-refractivity contribution in [2.24, 2.45) is 5.92 Å². The number of pyridine rings is 1. The lowest BCUT2D eigenvalue weighted by Crippen LogP contribution is -2.43. The molecule has 1 aliphatic rings. The highest BCUT2D eigenvalue weighted by molar-refractivity contribution is 5.78. The third-order valence-corrected chi connectivity index (χ3v) is 4.74. The molecule has 1 aromatic heterocycles. The maximum atomic E-state index is 12.6. The maximum absolute atomic E-state index is 12.6. The van der Waals surface area contributed by atoms with Crippen molar-refractivity contribution < 1.29 is 18.0 Å². The number of nitrogens with zero attached hydrogens (tertiary/aromatic N) is 3. The molecule has 1 fully saturated rings. The van der Waals surface area contributed by atoms with E-state index in [1.165, 1.54) is 6.07 Å². The summed E-state index contributed by atoms with van der Waals surface area (Å²) >= 11 is 0. The summed E-state index contributed by atoms with van der Waals surface area (Å²) in [7, 11) is 0. The first kappa shape index (κ1) is 20.5. The standard InChI is InChI=1S/C18H27F3N4O/c1-13(2)14(3)23-17(26)12-24-7-4-8-25(10-9-24)16-6-5-15(11-22-16)18(19,20)21/h5-6,11,13-14H,4,7-10,12H2,1-3H3,(H,23,26). The average molecular weight is 372 g/mol. The van der Waals surface area contributed by atoms with Crippen molar-refractivity contribution in [3.8, 4) is 0 Å². The van der Waals surface area contributed by atoms with Crippen LogP contribution < -0.4 is 10.2 Å². The number of amides is 1. The molecule has 2 heterocycles. The van der Waals surface area contributed by atoms with Gasteiger partial charge in [0, 0.05) is 38.4 Å². The summed E-state index contributed by atoms with van der Waals surface area (Å²) in [5, 5.41) is 3.00. The molecule has 0 bridgehead atoms. The molecule has 5 nitrogen and oxygen atoms in total. The largest absolute Gasteiger partial charge is 0.417 e. The predicted octanol–water partition coefficient (Wildman–Crippen LogP) is 2.77. The van der Waals surface area contributed by atoms with Crippen molar-refractivity contribution in [2.45, 2.75) is 39.4 Å². The number of hydrogen-bond donors (Lipinski definition) is 1. The average Bonchev–Trinajstić information content (AvgIpc) is 2.79. The van der Waals surface area contributed by atoms with E-state index in [2.05, 4.69) is 29.0 Å². The number of alkyl halides is 3. The number of nitrogens with one attached hydrogen (secondary N) is 1. The fraction of sp³-hybridized carbons (Fsp3) is 0.667. The van der Waals surface area contributed by atoms with Crippen LogP contribution in [0.4, 0.5) is 19.0 Å². The van der Waals surface area contributed by atoms with Gasteiger partial charge in [0.15, 0.2) is 0 Å². The van der Waals surface area contributed by atoms with Gasteiger partial charge in [0.2, 0.25) is 5.91 Å². The van der Waals surface area contributed by atoms with E-state index in [1.807, 2.05) is 11.8 Å². The number of aromatic nitrogens is 1. The van der Waals surface area contributed by atoms with E-state index in [4.69, 9.17) is 0 Å². The smallest absolute Gasteiger partial charge is 0.355 e. The number of rotatable bonds is 5. The van der Waals surface area contributed by atoms with Crippen molar-refractivity contribution in [3.05, 3.63) is 23.9 Å². The molecule has 0 aliphatic carbocycles. The topological polar surface area (TPSA) is 48.5 Å². The highest BCUT2D eigenvalue weighted by Crippen LogP contribution is 2.29. The van der Waals surface area contributed by atoms with Gasteiger partial charge < -0.3 is 10.2 Å². The molecule has 0 aromatic carbocycles. The van der Waals surface area contributed by atoms with Gasteiger partial charge in [0.1, 0.15) is 5.82 Å². The van der Waals surface area contributed by atoms with Crippen LogP contribution in [-0.4, -0.2) is 54.6 Å². The molecule has 1 aliphatic heterocycles. The Morgan fingerprint density at radius 3 is 2.50 bits per heavy atom. The zero-order valence-electron chi connectivity index (χ0n) is 15.5. The highest BCUT2D eigenvalue weighted by Gasteiger charge is 2.31.